The second-order valence-corrected chi connectivity index (χ2v) is 6.72. The first-order valence-corrected chi connectivity index (χ1v) is 8.89. The third kappa shape index (κ3) is 3.80. The fourth-order valence-corrected chi connectivity index (χ4v) is 3.44. The number of aryl methyl sites for hydroxylation is 2. The van der Waals surface area contributed by atoms with Gasteiger partial charge in [0, 0.05) is 28.4 Å². The molecule has 26 heavy (non-hydrogen) atoms. The number of nitriles is 2. The van der Waals surface area contributed by atoms with Gasteiger partial charge in [-0.3, -0.25) is 0 Å². The lowest BCUT2D eigenvalue weighted by Crippen LogP contribution is -1.90. The van der Waals surface area contributed by atoms with Gasteiger partial charge in [-0.05, 0) is 31.5 Å². The van der Waals surface area contributed by atoms with Gasteiger partial charge < -0.3 is 5.32 Å². The van der Waals surface area contributed by atoms with Crippen LogP contribution in [0.15, 0.2) is 59.6 Å². The Bertz CT molecular complexity index is 1050. The van der Waals surface area contributed by atoms with E-state index in [4.69, 9.17) is 15.5 Å². The maximum Gasteiger partial charge on any atom is 0.145 e. The second kappa shape index (κ2) is 7.65. The Labute approximate surface area is 156 Å². The molecule has 0 saturated carbocycles. The molecule has 0 aliphatic heterocycles. The maximum atomic E-state index is 8.80. The molecule has 0 aliphatic carbocycles. The van der Waals surface area contributed by atoms with Crippen molar-refractivity contribution in [2.24, 2.45) is 0 Å². The molecular weight excluding hydrogens is 340 g/mol. The summed E-state index contributed by atoms with van der Waals surface area (Å²) in [4.78, 5) is 4.78. The third-order valence-corrected chi connectivity index (χ3v) is 4.79. The zero-order chi connectivity index (χ0) is 18.5. The molecule has 1 N–H and O–H groups in total. The van der Waals surface area contributed by atoms with E-state index < -0.39 is 0 Å². The molecule has 3 aromatic rings. The second-order valence-electron chi connectivity index (χ2n) is 5.86. The van der Waals surface area contributed by atoms with Crippen molar-refractivity contribution in [3.63, 3.8) is 0 Å². The molecule has 0 bridgehead atoms. The van der Waals surface area contributed by atoms with Gasteiger partial charge in [-0.2, -0.15) is 10.5 Å². The predicted octanol–water partition coefficient (Wildman–Crippen LogP) is 5.44. The minimum Gasteiger partial charge on any atom is -0.360 e. The van der Waals surface area contributed by atoms with Crippen molar-refractivity contribution in [2.45, 2.75) is 13.8 Å². The molecule has 0 spiro atoms. The van der Waals surface area contributed by atoms with Crippen LogP contribution in [0.4, 0.5) is 5.69 Å². The van der Waals surface area contributed by atoms with Crippen molar-refractivity contribution in [3.8, 4) is 34.0 Å². The summed E-state index contributed by atoms with van der Waals surface area (Å²) < 4.78 is 0. The highest BCUT2D eigenvalue weighted by molar-refractivity contribution is 7.13. The summed E-state index contributed by atoms with van der Waals surface area (Å²) in [5, 5.41) is 23.6. The van der Waals surface area contributed by atoms with Crippen molar-refractivity contribution in [1.29, 1.82) is 10.5 Å². The normalized spacial score (nSPS) is 9.85. The molecule has 5 heteroatoms. The minimum atomic E-state index is 0.0294. The van der Waals surface area contributed by atoms with Gasteiger partial charge in [0.1, 0.15) is 22.7 Å². The van der Waals surface area contributed by atoms with E-state index >= 15 is 0 Å². The number of benzene rings is 2. The molecule has 0 aliphatic rings. The maximum absolute atomic E-state index is 8.80. The number of aromatic nitrogens is 1. The van der Waals surface area contributed by atoms with Crippen LogP contribution < -0.4 is 5.32 Å². The van der Waals surface area contributed by atoms with E-state index in [2.05, 4.69) is 42.7 Å². The molecule has 0 atom stereocenters. The summed E-state index contributed by atoms with van der Waals surface area (Å²) in [6.45, 7) is 4.18. The summed E-state index contributed by atoms with van der Waals surface area (Å²) in [6, 6.07) is 17.8. The minimum absolute atomic E-state index is 0.0294. The van der Waals surface area contributed by atoms with Crippen LogP contribution in [0.2, 0.25) is 0 Å². The number of nitrogens with zero attached hydrogens (tertiary/aromatic N) is 3. The van der Waals surface area contributed by atoms with Gasteiger partial charge in [0.15, 0.2) is 0 Å². The molecule has 0 radical (unpaired) electrons. The van der Waals surface area contributed by atoms with Crippen molar-refractivity contribution >= 4 is 17.0 Å². The summed E-state index contributed by atoms with van der Waals surface area (Å²) in [5.41, 5.74) is 6.38. The van der Waals surface area contributed by atoms with Crippen molar-refractivity contribution in [3.05, 3.63) is 70.7 Å². The van der Waals surface area contributed by atoms with E-state index in [1.807, 2.05) is 36.4 Å². The van der Waals surface area contributed by atoms with Crippen LogP contribution in [0, 0.1) is 36.5 Å². The average Bonchev–Trinajstić information content (AvgIpc) is 3.13. The highest BCUT2D eigenvalue weighted by atomic mass is 32.1. The first kappa shape index (κ1) is 17.4. The van der Waals surface area contributed by atoms with Gasteiger partial charge in [-0.15, -0.1) is 11.3 Å². The predicted molar refractivity (Wildman–Crippen MR) is 105 cm³/mol. The van der Waals surface area contributed by atoms with Gasteiger partial charge in [-0.1, -0.05) is 35.9 Å². The molecule has 2 aromatic carbocycles. The van der Waals surface area contributed by atoms with Gasteiger partial charge >= 0.3 is 0 Å². The monoisotopic (exact) mass is 356 g/mol. The Morgan fingerprint density at radius 3 is 2.65 bits per heavy atom. The van der Waals surface area contributed by atoms with Gasteiger partial charge in [0.05, 0.1) is 5.69 Å². The standard InChI is InChI=1S/C21H16N4S/c1-14-6-7-19(15(2)8-14)20-13-26-21(25-20)17-4-3-5-18(9-17)24-12-16(10-22)11-23/h3-9,12-13,24H,1-2H3. The van der Waals surface area contributed by atoms with E-state index in [0.29, 0.717) is 0 Å². The Morgan fingerprint density at radius 1 is 1.12 bits per heavy atom. The first-order valence-electron chi connectivity index (χ1n) is 8.01. The Kier molecular flexibility index (Phi) is 5.12. The fourth-order valence-electron chi connectivity index (χ4n) is 2.62. The average molecular weight is 356 g/mol. The van der Waals surface area contributed by atoms with E-state index in [-0.39, 0.29) is 5.57 Å². The molecule has 4 nitrogen and oxygen atoms in total. The van der Waals surface area contributed by atoms with Gasteiger partial charge in [-0.25, -0.2) is 4.98 Å². The number of hydrogen-bond donors (Lipinski definition) is 1. The molecule has 0 saturated heterocycles. The zero-order valence-corrected chi connectivity index (χ0v) is 15.3. The number of hydrogen-bond acceptors (Lipinski definition) is 5. The van der Waals surface area contributed by atoms with E-state index in [9.17, 15) is 0 Å². The molecule has 0 amide bonds. The highest BCUT2D eigenvalue weighted by Gasteiger charge is 2.09. The summed E-state index contributed by atoms with van der Waals surface area (Å²) >= 11 is 1.59. The van der Waals surface area contributed by atoms with E-state index in [1.54, 1.807) is 11.3 Å². The third-order valence-electron chi connectivity index (χ3n) is 3.90. The molecule has 1 heterocycles. The quantitative estimate of drug-likeness (QED) is 0.632. The molecular formula is C21H16N4S. The van der Waals surface area contributed by atoms with Crippen molar-refractivity contribution in [1.82, 2.24) is 4.98 Å². The van der Waals surface area contributed by atoms with Crippen molar-refractivity contribution < 1.29 is 0 Å². The largest absolute Gasteiger partial charge is 0.360 e. The van der Waals surface area contributed by atoms with Gasteiger partial charge in [0.25, 0.3) is 0 Å². The van der Waals surface area contributed by atoms with Crippen LogP contribution in [-0.2, 0) is 0 Å². The Morgan fingerprint density at radius 2 is 1.92 bits per heavy atom. The lowest BCUT2D eigenvalue weighted by molar-refractivity contribution is 1.34. The van der Waals surface area contributed by atoms with Gasteiger partial charge in [0.2, 0.25) is 0 Å². The van der Waals surface area contributed by atoms with Crippen LogP contribution in [0.3, 0.4) is 0 Å². The number of nitrogens with one attached hydrogen (secondary N) is 1. The number of thiazole rings is 1. The van der Waals surface area contributed by atoms with E-state index in [0.717, 1.165) is 27.5 Å². The Hall–Kier alpha value is -3.41. The molecule has 3 rings (SSSR count). The summed E-state index contributed by atoms with van der Waals surface area (Å²) in [7, 11) is 0. The number of rotatable bonds is 4. The lowest BCUT2D eigenvalue weighted by atomic mass is 10.0. The molecule has 0 fully saturated rings. The van der Waals surface area contributed by atoms with Crippen LogP contribution in [-0.4, -0.2) is 4.98 Å². The van der Waals surface area contributed by atoms with Crippen LogP contribution in [0.5, 0.6) is 0 Å². The number of anilines is 1. The summed E-state index contributed by atoms with van der Waals surface area (Å²) in [5.74, 6) is 0. The highest BCUT2D eigenvalue weighted by Crippen LogP contribution is 2.31. The smallest absolute Gasteiger partial charge is 0.145 e. The van der Waals surface area contributed by atoms with Crippen LogP contribution in [0.1, 0.15) is 11.1 Å². The van der Waals surface area contributed by atoms with Crippen LogP contribution in [0.25, 0.3) is 21.8 Å². The van der Waals surface area contributed by atoms with E-state index in [1.165, 1.54) is 17.3 Å². The van der Waals surface area contributed by atoms with Crippen LogP contribution >= 0.6 is 11.3 Å². The first-order chi connectivity index (χ1) is 12.6. The fraction of sp³-hybridized carbons (Fsp3) is 0.0952. The molecule has 1 aromatic heterocycles. The molecule has 126 valence electrons. The Balaban J connectivity index is 1.88. The SMILES string of the molecule is Cc1ccc(-c2csc(-c3cccc(NC=C(C#N)C#N)c3)n2)c(C)c1. The summed E-state index contributed by atoms with van der Waals surface area (Å²) in [6.07, 6.45) is 1.40. The topological polar surface area (TPSA) is 72.5 Å². The molecule has 0 unspecified atom stereocenters. The number of allylic oxidation sites excluding steroid dienone is 1. The zero-order valence-electron chi connectivity index (χ0n) is 14.4. The lowest BCUT2D eigenvalue weighted by Gasteiger charge is -2.04. The van der Waals surface area contributed by atoms with Crippen molar-refractivity contribution in [2.75, 3.05) is 5.32 Å².